The van der Waals surface area contributed by atoms with Gasteiger partial charge in [-0.1, -0.05) is 32.9 Å². The summed E-state index contributed by atoms with van der Waals surface area (Å²) >= 11 is 0. The summed E-state index contributed by atoms with van der Waals surface area (Å²) in [5.74, 6) is -0.0428. The van der Waals surface area contributed by atoms with Crippen molar-refractivity contribution in [1.82, 2.24) is 25.2 Å². The van der Waals surface area contributed by atoms with E-state index >= 15 is 0 Å². The summed E-state index contributed by atoms with van der Waals surface area (Å²) in [6.45, 7) is 8.05. The highest BCUT2D eigenvalue weighted by Gasteiger charge is 2.43. The highest BCUT2D eigenvalue weighted by Crippen LogP contribution is 2.22. The molecule has 116 valence electrons. The van der Waals surface area contributed by atoms with Crippen LogP contribution in [0.1, 0.15) is 33.4 Å². The van der Waals surface area contributed by atoms with Gasteiger partial charge in [-0.2, -0.15) is 0 Å². The van der Waals surface area contributed by atoms with Crippen molar-refractivity contribution in [1.29, 1.82) is 0 Å². The highest BCUT2D eigenvalue weighted by atomic mass is 16.2. The molecule has 2 unspecified atom stereocenters. The van der Waals surface area contributed by atoms with Crippen molar-refractivity contribution in [2.24, 2.45) is 18.9 Å². The van der Waals surface area contributed by atoms with Crippen LogP contribution < -0.4 is 5.32 Å². The molecule has 1 N–H and O–H groups in total. The van der Waals surface area contributed by atoms with Crippen LogP contribution in [0.3, 0.4) is 0 Å². The van der Waals surface area contributed by atoms with Crippen LogP contribution in [0.15, 0.2) is 6.20 Å². The van der Waals surface area contributed by atoms with Gasteiger partial charge in [-0.3, -0.25) is 14.3 Å². The summed E-state index contributed by atoms with van der Waals surface area (Å²) < 4.78 is 1.59. The Morgan fingerprint density at radius 3 is 2.38 bits per heavy atom. The third-order valence-corrected chi connectivity index (χ3v) is 3.73. The number of aryl methyl sites for hydroxylation is 1. The Kier molecular flexibility index (Phi) is 4.29. The molecule has 0 saturated carbocycles. The molecular formula is C14H23N5O2. The number of carbonyl (C=O) groups excluding carboxylic acids is 2. The molecule has 0 bridgehead atoms. The second kappa shape index (κ2) is 5.83. The maximum Gasteiger partial charge on any atom is 0.246 e. The van der Waals surface area contributed by atoms with Crippen LogP contribution in [-0.2, 0) is 23.2 Å². The maximum absolute atomic E-state index is 12.7. The lowest BCUT2D eigenvalue weighted by atomic mass is 9.93. The largest absolute Gasteiger partial charge is 0.342 e. The van der Waals surface area contributed by atoms with E-state index in [-0.39, 0.29) is 23.7 Å². The quantitative estimate of drug-likeness (QED) is 0.867. The lowest BCUT2D eigenvalue weighted by Crippen LogP contribution is -2.65. The number of hydrogen-bond donors (Lipinski definition) is 1. The van der Waals surface area contributed by atoms with Gasteiger partial charge in [0.1, 0.15) is 17.8 Å². The van der Waals surface area contributed by atoms with E-state index in [0.717, 1.165) is 0 Å². The number of hydrogen-bond acceptors (Lipinski definition) is 4. The van der Waals surface area contributed by atoms with Crippen LogP contribution in [0.4, 0.5) is 0 Å². The molecule has 7 nitrogen and oxygen atoms in total. The topological polar surface area (TPSA) is 80.1 Å². The minimum Gasteiger partial charge on any atom is -0.342 e. The highest BCUT2D eigenvalue weighted by molar-refractivity contribution is 5.97. The number of piperazine rings is 1. The summed E-state index contributed by atoms with van der Waals surface area (Å²) in [5, 5.41) is 10.7. The minimum absolute atomic E-state index is 0.0405. The molecule has 7 heteroatoms. The fourth-order valence-electron chi connectivity index (χ4n) is 2.69. The minimum atomic E-state index is -0.468. The third kappa shape index (κ3) is 3.06. The Bertz CT molecular complexity index is 537. The third-order valence-electron chi connectivity index (χ3n) is 3.73. The number of amides is 2. The van der Waals surface area contributed by atoms with Gasteiger partial charge in [0.2, 0.25) is 11.8 Å². The molecule has 1 fully saturated rings. The van der Waals surface area contributed by atoms with Crippen molar-refractivity contribution in [2.75, 3.05) is 0 Å². The van der Waals surface area contributed by atoms with Gasteiger partial charge >= 0.3 is 0 Å². The molecule has 1 aromatic heterocycles. The molecule has 2 rings (SSSR count). The van der Waals surface area contributed by atoms with E-state index in [1.54, 1.807) is 22.8 Å². The van der Waals surface area contributed by atoms with Gasteiger partial charge in [0, 0.05) is 13.2 Å². The van der Waals surface area contributed by atoms with Crippen LogP contribution >= 0.6 is 0 Å². The van der Waals surface area contributed by atoms with Crippen LogP contribution in [-0.4, -0.2) is 43.8 Å². The zero-order valence-electron chi connectivity index (χ0n) is 13.2. The molecule has 1 aromatic rings. The standard InChI is InChI=1S/C14H23N5O2/c1-8(2)11-14(21)19(7-10-6-18(5)17-16-10)12(9(3)4)13(20)15-11/h6,8-9,11-12H,7H2,1-5H3,(H,15,20). The molecule has 1 aliphatic heterocycles. The van der Waals surface area contributed by atoms with Crippen molar-refractivity contribution in [3.63, 3.8) is 0 Å². The Morgan fingerprint density at radius 1 is 1.24 bits per heavy atom. The van der Waals surface area contributed by atoms with Crippen LogP contribution in [0, 0.1) is 11.8 Å². The molecule has 2 amide bonds. The van der Waals surface area contributed by atoms with E-state index in [0.29, 0.717) is 12.2 Å². The molecule has 1 aliphatic rings. The van der Waals surface area contributed by atoms with E-state index in [9.17, 15) is 9.59 Å². The molecule has 1 saturated heterocycles. The molecule has 2 heterocycles. The zero-order chi connectivity index (χ0) is 15.7. The fraction of sp³-hybridized carbons (Fsp3) is 0.714. The van der Waals surface area contributed by atoms with E-state index in [2.05, 4.69) is 15.6 Å². The van der Waals surface area contributed by atoms with Crippen LogP contribution in [0.25, 0.3) is 0 Å². The smallest absolute Gasteiger partial charge is 0.246 e. The van der Waals surface area contributed by atoms with Crippen molar-refractivity contribution >= 4 is 11.8 Å². The van der Waals surface area contributed by atoms with Gasteiger partial charge in [-0.25, -0.2) is 0 Å². The number of aromatic nitrogens is 3. The normalized spacial score (nSPS) is 23.1. The van der Waals surface area contributed by atoms with E-state index in [1.807, 2.05) is 27.7 Å². The maximum atomic E-state index is 12.7. The van der Waals surface area contributed by atoms with Gasteiger partial charge in [-0.15, -0.1) is 5.10 Å². The first kappa shape index (κ1) is 15.5. The monoisotopic (exact) mass is 293 g/mol. The van der Waals surface area contributed by atoms with Gasteiger partial charge in [-0.05, 0) is 11.8 Å². The van der Waals surface area contributed by atoms with Crippen molar-refractivity contribution in [3.05, 3.63) is 11.9 Å². The molecule has 0 radical (unpaired) electrons. The fourth-order valence-corrected chi connectivity index (χ4v) is 2.69. The Balaban J connectivity index is 2.29. The lowest BCUT2D eigenvalue weighted by Gasteiger charge is -2.41. The summed E-state index contributed by atoms with van der Waals surface area (Å²) in [5.41, 5.74) is 0.689. The molecular weight excluding hydrogens is 270 g/mol. The zero-order valence-corrected chi connectivity index (χ0v) is 13.2. The first-order valence-corrected chi connectivity index (χ1v) is 7.27. The van der Waals surface area contributed by atoms with Gasteiger partial charge < -0.3 is 10.2 Å². The number of nitrogens with one attached hydrogen (secondary N) is 1. The predicted octanol–water partition coefficient (Wildman–Crippen LogP) is 0.323. The van der Waals surface area contributed by atoms with Crippen molar-refractivity contribution in [3.8, 4) is 0 Å². The number of carbonyl (C=O) groups is 2. The average molecular weight is 293 g/mol. The summed E-state index contributed by atoms with van der Waals surface area (Å²) in [4.78, 5) is 26.7. The van der Waals surface area contributed by atoms with Crippen molar-refractivity contribution < 1.29 is 9.59 Å². The van der Waals surface area contributed by atoms with Crippen LogP contribution in [0.5, 0.6) is 0 Å². The van der Waals surface area contributed by atoms with Gasteiger partial charge in [0.15, 0.2) is 0 Å². The predicted molar refractivity (Wildman–Crippen MR) is 76.9 cm³/mol. The molecule has 0 aliphatic carbocycles. The van der Waals surface area contributed by atoms with E-state index in [1.165, 1.54) is 0 Å². The van der Waals surface area contributed by atoms with Crippen molar-refractivity contribution in [2.45, 2.75) is 46.3 Å². The lowest BCUT2D eigenvalue weighted by molar-refractivity contribution is -0.153. The molecule has 21 heavy (non-hydrogen) atoms. The number of nitrogens with zero attached hydrogens (tertiary/aromatic N) is 4. The molecule has 2 atom stereocenters. The second-order valence-corrected chi connectivity index (χ2v) is 6.27. The SMILES string of the molecule is CC(C)C1NC(=O)C(C(C)C)N(Cc2cn(C)nn2)C1=O. The second-order valence-electron chi connectivity index (χ2n) is 6.27. The van der Waals surface area contributed by atoms with E-state index < -0.39 is 12.1 Å². The van der Waals surface area contributed by atoms with Gasteiger partial charge in [0.05, 0.1) is 6.54 Å². The Morgan fingerprint density at radius 2 is 1.90 bits per heavy atom. The summed E-state index contributed by atoms with van der Waals surface area (Å²) in [6.07, 6.45) is 1.77. The first-order valence-electron chi connectivity index (χ1n) is 7.27. The Hall–Kier alpha value is -1.92. The Labute approximate surface area is 124 Å². The summed E-state index contributed by atoms with van der Waals surface area (Å²) in [6, 6.07) is -0.932. The average Bonchev–Trinajstić information content (AvgIpc) is 2.78. The molecule has 0 aromatic carbocycles. The van der Waals surface area contributed by atoms with Crippen LogP contribution in [0.2, 0.25) is 0 Å². The summed E-state index contributed by atoms with van der Waals surface area (Å²) in [7, 11) is 1.78. The number of rotatable bonds is 4. The molecule has 0 spiro atoms. The van der Waals surface area contributed by atoms with E-state index in [4.69, 9.17) is 0 Å². The van der Waals surface area contributed by atoms with Gasteiger partial charge in [0.25, 0.3) is 0 Å². The first-order chi connectivity index (χ1) is 9.81.